The Morgan fingerprint density at radius 1 is 1.05 bits per heavy atom. The van der Waals surface area contributed by atoms with Crippen LogP contribution in [0, 0.1) is 0 Å². The van der Waals surface area contributed by atoms with Gasteiger partial charge in [0.05, 0.1) is 7.11 Å². The standard InChI is InChI=1S/C18H23BrO3/c1-3-4-6-11-16(19)15(18(21)22-2)12-13-17(20)14-9-7-5-8-10-14/h5,7-10H,3-4,6,11-13H2,1-2H3/b16-15-. The van der Waals surface area contributed by atoms with E-state index in [9.17, 15) is 9.59 Å². The predicted octanol–water partition coefficient (Wildman–Crippen LogP) is 5.05. The van der Waals surface area contributed by atoms with Crippen LogP contribution in [0.25, 0.3) is 0 Å². The van der Waals surface area contributed by atoms with E-state index in [0.717, 1.165) is 30.2 Å². The number of halogens is 1. The van der Waals surface area contributed by atoms with Gasteiger partial charge in [0.1, 0.15) is 0 Å². The number of carbonyl (C=O) groups excluding carboxylic acids is 2. The van der Waals surface area contributed by atoms with Crippen molar-refractivity contribution in [3.63, 3.8) is 0 Å². The Bertz CT molecular complexity index is 520. The first-order valence-electron chi connectivity index (χ1n) is 7.64. The highest BCUT2D eigenvalue weighted by molar-refractivity contribution is 9.11. The number of unbranched alkanes of at least 4 members (excludes halogenated alkanes) is 2. The zero-order valence-corrected chi connectivity index (χ0v) is 14.8. The van der Waals surface area contributed by atoms with E-state index >= 15 is 0 Å². The van der Waals surface area contributed by atoms with E-state index in [2.05, 4.69) is 22.9 Å². The Morgan fingerprint density at radius 3 is 2.32 bits per heavy atom. The molecule has 0 radical (unpaired) electrons. The van der Waals surface area contributed by atoms with Crippen molar-refractivity contribution in [1.82, 2.24) is 0 Å². The van der Waals surface area contributed by atoms with E-state index in [4.69, 9.17) is 4.74 Å². The molecule has 0 heterocycles. The molecule has 1 aromatic carbocycles. The molecule has 0 aliphatic heterocycles. The molecule has 1 rings (SSSR count). The summed E-state index contributed by atoms with van der Waals surface area (Å²) in [6.45, 7) is 2.14. The van der Waals surface area contributed by atoms with Gasteiger partial charge in [-0.05, 0) is 19.3 Å². The lowest BCUT2D eigenvalue weighted by Gasteiger charge is -2.09. The third kappa shape index (κ3) is 6.14. The maximum absolute atomic E-state index is 12.2. The molecule has 0 spiro atoms. The minimum absolute atomic E-state index is 0.0378. The normalized spacial score (nSPS) is 11.8. The summed E-state index contributed by atoms with van der Waals surface area (Å²) in [7, 11) is 1.37. The molecule has 0 aliphatic rings. The summed E-state index contributed by atoms with van der Waals surface area (Å²) in [6, 6.07) is 9.14. The second-order valence-electron chi connectivity index (χ2n) is 5.12. The molecule has 0 N–H and O–H groups in total. The fraction of sp³-hybridized carbons (Fsp3) is 0.444. The van der Waals surface area contributed by atoms with Gasteiger partial charge < -0.3 is 4.74 Å². The molecular formula is C18H23BrO3. The summed E-state index contributed by atoms with van der Waals surface area (Å²) >= 11 is 3.49. The van der Waals surface area contributed by atoms with Crippen molar-refractivity contribution in [1.29, 1.82) is 0 Å². The zero-order chi connectivity index (χ0) is 16.4. The van der Waals surface area contributed by atoms with Crippen LogP contribution in [0.3, 0.4) is 0 Å². The predicted molar refractivity (Wildman–Crippen MR) is 92.1 cm³/mol. The highest BCUT2D eigenvalue weighted by atomic mass is 79.9. The maximum atomic E-state index is 12.2. The molecule has 0 aromatic heterocycles. The average Bonchev–Trinajstić information content (AvgIpc) is 2.55. The molecule has 0 unspecified atom stereocenters. The van der Waals surface area contributed by atoms with Crippen LogP contribution in [0.5, 0.6) is 0 Å². The number of carbonyl (C=O) groups is 2. The van der Waals surface area contributed by atoms with Gasteiger partial charge in [0.25, 0.3) is 0 Å². The highest BCUT2D eigenvalue weighted by Gasteiger charge is 2.16. The number of hydrogen-bond donors (Lipinski definition) is 0. The van der Waals surface area contributed by atoms with Crippen molar-refractivity contribution in [3.8, 4) is 0 Å². The third-order valence-electron chi connectivity index (χ3n) is 3.46. The average molecular weight is 367 g/mol. The first kappa shape index (κ1) is 18.6. The van der Waals surface area contributed by atoms with Gasteiger partial charge >= 0.3 is 5.97 Å². The van der Waals surface area contributed by atoms with Gasteiger partial charge in [-0.3, -0.25) is 4.79 Å². The molecule has 22 heavy (non-hydrogen) atoms. The summed E-state index contributed by atoms with van der Waals surface area (Å²) in [5.74, 6) is -0.319. The van der Waals surface area contributed by atoms with E-state index in [0.29, 0.717) is 24.0 Å². The van der Waals surface area contributed by atoms with E-state index in [-0.39, 0.29) is 11.8 Å². The number of rotatable bonds is 9. The molecule has 0 saturated heterocycles. The number of benzene rings is 1. The quantitative estimate of drug-likeness (QED) is 0.265. The summed E-state index contributed by atoms with van der Waals surface area (Å²) < 4.78 is 5.69. The molecule has 0 bridgehead atoms. The van der Waals surface area contributed by atoms with Crippen molar-refractivity contribution in [2.45, 2.75) is 45.4 Å². The number of ketones is 1. The van der Waals surface area contributed by atoms with E-state index in [1.54, 1.807) is 12.1 Å². The summed E-state index contributed by atoms with van der Waals surface area (Å²) in [5.41, 5.74) is 1.25. The molecule has 1 aromatic rings. The van der Waals surface area contributed by atoms with Crippen LogP contribution in [0.15, 0.2) is 40.4 Å². The molecule has 0 amide bonds. The summed E-state index contributed by atoms with van der Waals surface area (Å²) in [6.07, 6.45) is 4.76. The Balaban J connectivity index is 2.71. The first-order chi connectivity index (χ1) is 10.6. The van der Waals surface area contributed by atoms with Gasteiger partial charge in [-0.25, -0.2) is 4.79 Å². The Kier molecular flexibility index (Phi) is 8.75. The lowest BCUT2D eigenvalue weighted by Crippen LogP contribution is -2.09. The molecular weight excluding hydrogens is 344 g/mol. The fourth-order valence-electron chi connectivity index (χ4n) is 2.16. The van der Waals surface area contributed by atoms with Crippen molar-refractivity contribution in [2.75, 3.05) is 7.11 Å². The van der Waals surface area contributed by atoms with Gasteiger partial charge in [-0.15, -0.1) is 0 Å². The van der Waals surface area contributed by atoms with E-state index < -0.39 is 0 Å². The van der Waals surface area contributed by atoms with Crippen LogP contribution in [-0.4, -0.2) is 18.9 Å². The molecule has 0 aliphatic carbocycles. The minimum Gasteiger partial charge on any atom is -0.466 e. The molecule has 0 atom stereocenters. The SMILES string of the molecule is CCCCC/C(Br)=C(\CCC(=O)c1ccccc1)C(=O)OC. The number of Topliss-reactive ketones (excluding diaryl/α,β-unsaturated/α-hetero) is 1. The Morgan fingerprint density at radius 2 is 1.73 bits per heavy atom. The van der Waals surface area contributed by atoms with Crippen LogP contribution in [0.1, 0.15) is 55.8 Å². The second kappa shape index (κ2) is 10.3. The second-order valence-corrected chi connectivity index (χ2v) is 6.08. The fourth-order valence-corrected chi connectivity index (χ4v) is 2.80. The van der Waals surface area contributed by atoms with Gasteiger partial charge in [-0.1, -0.05) is 66.0 Å². The minimum atomic E-state index is -0.357. The molecule has 4 heteroatoms. The number of methoxy groups -OCH3 is 1. The van der Waals surface area contributed by atoms with Crippen LogP contribution in [0.4, 0.5) is 0 Å². The van der Waals surface area contributed by atoms with E-state index in [1.165, 1.54) is 7.11 Å². The van der Waals surface area contributed by atoms with Crippen molar-refractivity contribution >= 4 is 27.7 Å². The Labute approximate surface area is 140 Å². The number of allylic oxidation sites excluding steroid dienone is 1. The maximum Gasteiger partial charge on any atom is 0.334 e. The zero-order valence-electron chi connectivity index (χ0n) is 13.2. The first-order valence-corrected chi connectivity index (χ1v) is 8.43. The molecule has 0 fully saturated rings. The van der Waals surface area contributed by atoms with Gasteiger partial charge in [0.2, 0.25) is 0 Å². The third-order valence-corrected chi connectivity index (χ3v) is 4.33. The molecule has 0 saturated carbocycles. The highest BCUT2D eigenvalue weighted by Crippen LogP contribution is 2.24. The topological polar surface area (TPSA) is 43.4 Å². The largest absolute Gasteiger partial charge is 0.466 e. The van der Waals surface area contributed by atoms with Crippen molar-refractivity contribution in [2.24, 2.45) is 0 Å². The number of ether oxygens (including phenoxy) is 1. The van der Waals surface area contributed by atoms with Crippen LogP contribution >= 0.6 is 15.9 Å². The van der Waals surface area contributed by atoms with Crippen molar-refractivity contribution < 1.29 is 14.3 Å². The van der Waals surface area contributed by atoms with Crippen LogP contribution in [-0.2, 0) is 9.53 Å². The van der Waals surface area contributed by atoms with Gasteiger partial charge in [-0.2, -0.15) is 0 Å². The van der Waals surface area contributed by atoms with Crippen molar-refractivity contribution in [3.05, 3.63) is 46.0 Å². The Hall–Kier alpha value is -1.42. The number of hydrogen-bond acceptors (Lipinski definition) is 3. The van der Waals surface area contributed by atoms with Crippen LogP contribution in [0.2, 0.25) is 0 Å². The lowest BCUT2D eigenvalue weighted by atomic mass is 10.0. The molecule has 120 valence electrons. The monoisotopic (exact) mass is 366 g/mol. The smallest absolute Gasteiger partial charge is 0.334 e. The van der Waals surface area contributed by atoms with Gasteiger partial charge in [0.15, 0.2) is 5.78 Å². The van der Waals surface area contributed by atoms with Gasteiger partial charge in [0, 0.05) is 22.0 Å². The van der Waals surface area contributed by atoms with E-state index in [1.807, 2.05) is 18.2 Å². The lowest BCUT2D eigenvalue weighted by molar-refractivity contribution is -0.136. The molecule has 3 nitrogen and oxygen atoms in total. The summed E-state index contributed by atoms with van der Waals surface area (Å²) in [5, 5.41) is 0. The summed E-state index contributed by atoms with van der Waals surface area (Å²) in [4.78, 5) is 24.1. The van der Waals surface area contributed by atoms with Crippen LogP contribution < -0.4 is 0 Å². The number of esters is 1.